The van der Waals surface area contributed by atoms with Crippen molar-refractivity contribution in [3.05, 3.63) is 35.4 Å². The van der Waals surface area contributed by atoms with Crippen LogP contribution in [0.1, 0.15) is 11.7 Å². The van der Waals surface area contributed by atoms with E-state index in [1.54, 1.807) is 0 Å². The Balaban J connectivity index is 2.55. The van der Waals surface area contributed by atoms with E-state index in [-0.39, 0.29) is 18.7 Å². The van der Waals surface area contributed by atoms with Gasteiger partial charge in [-0.25, -0.2) is 8.78 Å². The number of amides is 1. The quantitative estimate of drug-likeness (QED) is 0.670. The van der Waals surface area contributed by atoms with Gasteiger partial charge in [0.1, 0.15) is 0 Å². The fraction of sp³-hybridized carbons (Fsp3) is 0.300. The molecule has 1 aromatic carbocycles. The zero-order chi connectivity index (χ0) is 12.1. The van der Waals surface area contributed by atoms with Gasteiger partial charge >= 0.3 is 0 Å². The van der Waals surface area contributed by atoms with Gasteiger partial charge in [-0.1, -0.05) is 6.07 Å². The van der Waals surface area contributed by atoms with E-state index >= 15 is 0 Å². The van der Waals surface area contributed by atoms with Crippen LogP contribution in [0.3, 0.4) is 0 Å². The molecule has 0 aliphatic heterocycles. The molecular weight excluding hydrogens is 218 g/mol. The van der Waals surface area contributed by atoms with Crippen LogP contribution in [0, 0.1) is 11.6 Å². The van der Waals surface area contributed by atoms with Crippen LogP contribution < -0.4 is 11.1 Å². The number of primary amides is 1. The van der Waals surface area contributed by atoms with Crippen molar-refractivity contribution >= 4 is 5.91 Å². The summed E-state index contributed by atoms with van der Waals surface area (Å²) in [6.45, 7) is -0.0469. The molecule has 88 valence electrons. The highest BCUT2D eigenvalue weighted by atomic mass is 19.2. The lowest BCUT2D eigenvalue weighted by Crippen LogP contribution is -2.31. The van der Waals surface area contributed by atoms with Crippen molar-refractivity contribution in [2.75, 3.05) is 13.1 Å². The smallest absolute Gasteiger partial charge is 0.231 e. The summed E-state index contributed by atoms with van der Waals surface area (Å²) in [5.41, 5.74) is 5.10. The number of rotatable bonds is 5. The number of carbonyl (C=O) groups excluding carboxylic acids is 1. The molecule has 0 saturated carbocycles. The maximum atomic E-state index is 12.8. The number of nitrogens with one attached hydrogen (secondary N) is 1. The molecule has 0 bridgehead atoms. The fourth-order valence-electron chi connectivity index (χ4n) is 1.17. The van der Waals surface area contributed by atoms with Crippen LogP contribution in [0.25, 0.3) is 0 Å². The van der Waals surface area contributed by atoms with E-state index in [0.29, 0.717) is 0 Å². The van der Waals surface area contributed by atoms with E-state index in [9.17, 15) is 18.7 Å². The number of carbonyl (C=O) groups is 1. The van der Waals surface area contributed by atoms with Gasteiger partial charge in [-0.2, -0.15) is 0 Å². The zero-order valence-corrected chi connectivity index (χ0v) is 8.41. The number of nitrogens with two attached hydrogens (primary N) is 1. The van der Waals surface area contributed by atoms with Crippen LogP contribution in [0.2, 0.25) is 0 Å². The number of hydrogen-bond donors (Lipinski definition) is 3. The van der Waals surface area contributed by atoms with Crippen LogP contribution in [0.15, 0.2) is 18.2 Å². The standard InChI is InChI=1S/C10H12F2N2O2/c11-7-2-1-6(3-8(7)12)9(15)4-14-5-10(13)16/h1-3,9,14-15H,4-5H2,(H2,13,16). The number of benzene rings is 1. The van der Waals surface area contributed by atoms with Crippen LogP contribution in [0.5, 0.6) is 0 Å². The summed E-state index contributed by atoms with van der Waals surface area (Å²) >= 11 is 0. The van der Waals surface area contributed by atoms with Crippen molar-refractivity contribution in [3.63, 3.8) is 0 Å². The van der Waals surface area contributed by atoms with E-state index in [4.69, 9.17) is 5.73 Å². The number of aliphatic hydroxyl groups is 1. The van der Waals surface area contributed by atoms with Gasteiger partial charge in [0.05, 0.1) is 12.6 Å². The van der Waals surface area contributed by atoms with Crippen LogP contribution in [0.4, 0.5) is 8.78 Å². The largest absolute Gasteiger partial charge is 0.387 e. The molecule has 0 spiro atoms. The van der Waals surface area contributed by atoms with Crippen molar-refractivity contribution in [1.82, 2.24) is 5.32 Å². The molecule has 1 aromatic rings. The van der Waals surface area contributed by atoms with Crippen molar-refractivity contribution < 1.29 is 18.7 Å². The first kappa shape index (κ1) is 12.5. The average Bonchev–Trinajstić information content (AvgIpc) is 2.21. The van der Waals surface area contributed by atoms with Crippen LogP contribution >= 0.6 is 0 Å². The summed E-state index contributed by atoms with van der Waals surface area (Å²) in [4.78, 5) is 10.4. The van der Waals surface area contributed by atoms with E-state index < -0.39 is 23.6 Å². The summed E-state index contributed by atoms with van der Waals surface area (Å²) in [7, 11) is 0. The molecule has 0 aliphatic rings. The van der Waals surface area contributed by atoms with Gasteiger partial charge in [0.15, 0.2) is 11.6 Å². The Morgan fingerprint density at radius 3 is 2.69 bits per heavy atom. The normalized spacial score (nSPS) is 12.4. The van der Waals surface area contributed by atoms with Gasteiger partial charge in [0.2, 0.25) is 5.91 Å². The molecule has 1 atom stereocenters. The number of hydrogen-bond acceptors (Lipinski definition) is 3. The minimum absolute atomic E-state index is 0.0357. The van der Waals surface area contributed by atoms with Crippen molar-refractivity contribution in [3.8, 4) is 0 Å². The van der Waals surface area contributed by atoms with Gasteiger partial charge in [-0.15, -0.1) is 0 Å². The molecule has 1 unspecified atom stereocenters. The maximum absolute atomic E-state index is 12.8. The molecule has 1 rings (SSSR count). The van der Waals surface area contributed by atoms with E-state index in [0.717, 1.165) is 12.1 Å². The third-order valence-electron chi connectivity index (χ3n) is 1.97. The molecular formula is C10H12F2N2O2. The SMILES string of the molecule is NC(=O)CNCC(O)c1ccc(F)c(F)c1. The van der Waals surface area contributed by atoms with Crippen LogP contribution in [-0.2, 0) is 4.79 Å². The van der Waals surface area contributed by atoms with Crippen molar-refractivity contribution in [2.24, 2.45) is 5.73 Å². The molecule has 0 saturated heterocycles. The van der Waals surface area contributed by atoms with E-state index in [2.05, 4.69) is 5.32 Å². The van der Waals surface area contributed by atoms with E-state index in [1.807, 2.05) is 0 Å². The Morgan fingerprint density at radius 1 is 1.44 bits per heavy atom. The molecule has 16 heavy (non-hydrogen) atoms. The molecule has 0 aromatic heterocycles. The van der Waals surface area contributed by atoms with Gasteiger partial charge in [0, 0.05) is 6.54 Å². The summed E-state index contributed by atoms with van der Waals surface area (Å²) in [5.74, 6) is -2.55. The van der Waals surface area contributed by atoms with Gasteiger partial charge in [0.25, 0.3) is 0 Å². The Bertz CT molecular complexity index is 385. The minimum Gasteiger partial charge on any atom is -0.387 e. The second-order valence-electron chi connectivity index (χ2n) is 3.29. The van der Waals surface area contributed by atoms with Crippen LogP contribution in [-0.4, -0.2) is 24.1 Å². The van der Waals surface area contributed by atoms with E-state index in [1.165, 1.54) is 6.07 Å². The average molecular weight is 230 g/mol. The summed E-state index contributed by atoms with van der Waals surface area (Å²) in [6, 6.07) is 3.11. The lowest BCUT2D eigenvalue weighted by Gasteiger charge is -2.11. The zero-order valence-electron chi connectivity index (χ0n) is 8.41. The lowest BCUT2D eigenvalue weighted by atomic mass is 10.1. The molecule has 4 nitrogen and oxygen atoms in total. The summed E-state index contributed by atoms with van der Waals surface area (Å²) in [5, 5.41) is 12.1. The first-order valence-electron chi connectivity index (χ1n) is 4.62. The van der Waals surface area contributed by atoms with Gasteiger partial charge < -0.3 is 16.2 Å². The summed E-state index contributed by atoms with van der Waals surface area (Å²) in [6.07, 6.45) is -1.02. The van der Waals surface area contributed by atoms with Crippen molar-refractivity contribution in [1.29, 1.82) is 0 Å². The minimum atomic E-state index is -1.02. The highest BCUT2D eigenvalue weighted by molar-refractivity contribution is 5.75. The predicted molar refractivity (Wildman–Crippen MR) is 53.4 cm³/mol. The fourth-order valence-corrected chi connectivity index (χ4v) is 1.17. The highest BCUT2D eigenvalue weighted by Gasteiger charge is 2.10. The monoisotopic (exact) mass is 230 g/mol. The second kappa shape index (κ2) is 5.53. The molecule has 1 amide bonds. The topological polar surface area (TPSA) is 75.4 Å². The molecule has 0 heterocycles. The Morgan fingerprint density at radius 2 is 2.12 bits per heavy atom. The third-order valence-corrected chi connectivity index (χ3v) is 1.97. The molecule has 0 radical (unpaired) electrons. The van der Waals surface area contributed by atoms with Gasteiger partial charge in [-0.05, 0) is 17.7 Å². The Hall–Kier alpha value is -1.53. The summed E-state index contributed by atoms with van der Waals surface area (Å²) < 4.78 is 25.4. The number of halogens is 2. The predicted octanol–water partition coefficient (Wildman–Crippen LogP) is 0.0731. The molecule has 6 heteroatoms. The lowest BCUT2D eigenvalue weighted by molar-refractivity contribution is -0.117. The molecule has 4 N–H and O–H groups in total. The Kier molecular flexibility index (Phi) is 4.33. The third kappa shape index (κ3) is 3.56. The van der Waals surface area contributed by atoms with Gasteiger partial charge in [-0.3, -0.25) is 4.79 Å². The molecule has 0 fully saturated rings. The van der Waals surface area contributed by atoms with Crippen molar-refractivity contribution in [2.45, 2.75) is 6.10 Å². The highest BCUT2D eigenvalue weighted by Crippen LogP contribution is 2.15. The number of aliphatic hydroxyl groups excluding tert-OH is 1. The first-order valence-corrected chi connectivity index (χ1v) is 4.62. The molecule has 0 aliphatic carbocycles. The maximum Gasteiger partial charge on any atom is 0.231 e. The Labute approximate surface area is 91.1 Å². The second-order valence-corrected chi connectivity index (χ2v) is 3.29. The first-order chi connectivity index (χ1) is 7.50.